The van der Waals surface area contributed by atoms with Crippen molar-refractivity contribution in [3.05, 3.63) is 30.1 Å². The molecule has 6 nitrogen and oxygen atoms in total. The third-order valence-electron chi connectivity index (χ3n) is 4.87. The van der Waals surface area contributed by atoms with E-state index in [9.17, 15) is 9.59 Å². The SMILES string of the molecule is CN(CCc1ccncc1)C(=O)C1CC(=O)N(CC2CCCO2)C1. The highest BCUT2D eigenvalue weighted by Crippen LogP contribution is 2.22. The molecule has 2 saturated heterocycles. The van der Waals surface area contributed by atoms with Gasteiger partial charge in [-0.05, 0) is 37.0 Å². The summed E-state index contributed by atoms with van der Waals surface area (Å²) >= 11 is 0. The number of likely N-dealkylation sites (tertiary alicyclic amines) is 1. The predicted molar refractivity (Wildman–Crippen MR) is 89.2 cm³/mol. The van der Waals surface area contributed by atoms with Crippen LogP contribution in [0.25, 0.3) is 0 Å². The van der Waals surface area contributed by atoms with E-state index in [0.717, 1.165) is 31.4 Å². The highest BCUT2D eigenvalue weighted by atomic mass is 16.5. The second-order valence-corrected chi connectivity index (χ2v) is 6.70. The van der Waals surface area contributed by atoms with Crippen molar-refractivity contribution in [1.82, 2.24) is 14.8 Å². The number of pyridine rings is 1. The fourth-order valence-electron chi connectivity index (χ4n) is 3.42. The number of carbonyl (C=O) groups is 2. The molecule has 3 heterocycles. The van der Waals surface area contributed by atoms with E-state index in [0.29, 0.717) is 26.1 Å². The van der Waals surface area contributed by atoms with Crippen LogP contribution in [0.2, 0.25) is 0 Å². The third-order valence-corrected chi connectivity index (χ3v) is 4.87. The molecule has 0 aromatic carbocycles. The van der Waals surface area contributed by atoms with Gasteiger partial charge in [0.05, 0.1) is 12.0 Å². The average molecular weight is 331 g/mol. The Morgan fingerprint density at radius 3 is 2.92 bits per heavy atom. The number of carbonyl (C=O) groups excluding carboxylic acids is 2. The molecule has 2 fully saturated rings. The number of hydrogen-bond donors (Lipinski definition) is 0. The van der Waals surface area contributed by atoms with E-state index in [1.807, 2.05) is 19.2 Å². The molecule has 2 amide bonds. The second-order valence-electron chi connectivity index (χ2n) is 6.70. The molecule has 3 rings (SSSR count). The van der Waals surface area contributed by atoms with Crippen LogP contribution in [0.1, 0.15) is 24.8 Å². The molecule has 0 bridgehead atoms. The number of amides is 2. The zero-order chi connectivity index (χ0) is 16.9. The summed E-state index contributed by atoms with van der Waals surface area (Å²) in [6.45, 7) is 2.59. The van der Waals surface area contributed by atoms with Crippen LogP contribution in [-0.2, 0) is 20.7 Å². The summed E-state index contributed by atoms with van der Waals surface area (Å²) < 4.78 is 5.60. The highest BCUT2D eigenvalue weighted by Gasteiger charge is 2.37. The summed E-state index contributed by atoms with van der Waals surface area (Å²) in [6, 6.07) is 3.92. The van der Waals surface area contributed by atoms with Crippen LogP contribution < -0.4 is 0 Å². The van der Waals surface area contributed by atoms with E-state index in [-0.39, 0.29) is 23.8 Å². The lowest BCUT2D eigenvalue weighted by Gasteiger charge is -2.22. The van der Waals surface area contributed by atoms with E-state index in [1.165, 1.54) is 0 Å². The Morgan fingerprint density at radius 1 is 1.42 bits per heavy atom. The van der Waals surface area contributed by atoms with Crippen molar-refractivity contribution in [3.8, 4) is 0 Å². The minimum atomic E-state index is -0.221. The fraction of sp³-hybridized carbons (Fsp3) is 0.611. The lowest BCUT2D eigenvalue weighted by molar-refractivity contribution is -0.134. The van der Waals surface area contributed by atoms with Crippen LogP contribution in [0.5, 0.6) is 0 Å². The monoisotopic (exact) mass is 331 g/mol. The molecule has 1 aromatic heterocycles. The van der Waals surface area contributed by atoms with E-state index in [4.69, 9.17) is 4.74 Å². The Labute approximate surface area is 142 Å². The van der Waals surface area contributed by atoms with Crippen LogP contribution in [0, 0.1) is 5.92 Å². The summed E-state index contributed by atoms with van der Waals surface area (Å²) in [4.78, 5) is 32.3. The quantitative estimate of drug-likeness (QED) is 0.783. The van der Waals surface area contributed by atoms with Gasteiger partial charge >= 0.3 is 0 Å². The Balaban J connectivity index is 1.48. The molecule has 2 unspecified atom stereocenters. The van der Waals surface area contributed by atoms with E-state index < -0.39 is 0 Å². The zero-order valence-electron chi connectivity index (χ0n) is 14.2. The summed E-state index contributed by atoms with van der Waals surface area (Å²) in [5, 5.41) is 0. The van der Waals surface area contributed by atoms with Gasteiger partial charge in [-0.25, -0.2) is 0 Å². The summed E-state index contributed by atoms with van der Waals surface area (Å²) in [5.41, 5.74) is 1.16. The van der Waals surface area contributed by atoms with Gasteiger partial charge in [-0.1, -0.05) is 0 Å². The van der Waals surface area contributed by atoms with Crippen molar-refractivity contribution in [2.24, 2.45) is 5.92 Å². The molecule has 6 heteroatoms. The maximum atomic E-state index is 12.6. The Bertz CT molecular complexity index is 572. The summed E-state index contributed by atoms with van der Waals surface area (Å²) in [6.07, 6.45) is 6.86. The first-order valence-electron chi connectivity index (χ1n) is 8.66. The molecule has 24 heavy (non-hydrogen) atoms. The minimum Gasteiger partial charge on any atom is -0.376 e. The van der Waals surface area contributed by atoms with Crippen LogP contribution in [0.4, 0.5) is 0 Å². The van der Waals surface area contributed by atoms with Gasteiger partial charge in [0.2, 0.25) is 11.8 Å². The molecule has 2 aliphatic heterocycles. The van der Waals surface area contributed by atoms with Gasteiger partial charge in [0, 0.05) is 52.1 Å². The first-order chi connectivity index (χ1) is 11.6. The molecule has 0 aliphatic carbocycles. The van der Waals surface area contributed by atoms with Crippen molar-refractivity contribution in [2.45, 2.75) is 31.8 Å². The van der Waals surface area contributed by atoms with Crippen molar-refractivity contribution in [3.63, 3.8) is 0 Å². The van der Waals surface area contributed by atoms with Crippen molar-refractivity contribution >= 4 is 11.8 Å². The molecule has 0 spiro atoms. The number of nitrogens with zero attached hydrogens (tertiary/aromatic N) is 3. The van der Waals surface area contributed by atoms with Gasteiger partial charge < -0.3 is 14.5 Å². The van der Waals surface area contributed by atoms with Gasteiger partial charge in [0.15, 0.2) is 0 Å². The van der Waals surface area contributed by atoms with Crippen molar-refractivity contribution < 1.29 is 14.3 Å². The largest absolute Gasteiger partial charge is 0.376 e. The molecular formula is C18H25N3O3. The van der Waals surface area contributed by atoms with Gasteiger partial charge in [0.1, 0.15) is 0 Å². The van der Waals surface area contributed by atoms with Gasteiger partial charge in [-0.2, -0.15) is 0 Å². The molecule has 2 atom stereocenters. The van der Waals surface area contributed by atoms with Gasteiger partial charge in [-0.3, -0.25) is 14.6 Å². The number of rotatable bonds is 6. The lowest BCUT2D eigenvalue weighted by Crippen LogP contribution is -2.37. The number of hydrogen-bond acceptors (Lipinski definition) is 4. The minimum absolute atomic E-state index is 0.0623. The Hall–Kier alpha value is -1.95. The molecular weight excluding hydrogens is 306 g/mol. The Morgan fingerprint density at radius 2 is 2.21 bits per heavy atom. The van der Waals surface area contributed by atoms with E-state index in [1.54, 1.807) is 22.2 Å². The molecule has 1 aromatic rings. The maximum Gasteiger partial charge on any atom is 0.227 e. The Kier molecular flexibility index (Phi) is 5.45. The maximum absolute atomic E-state index is 12.6. The highest BCUT2D eigenvalue weighted by molar-refractivity contribution is 5.89. The number of likely N-dealkylation sites (N-methyl/N-ethyl adjacent to an activating group) is 1. The summed E-state index contributed by atoms with van der Waals surface area (Å²) in [5.74, 6) is -0.0834. The number of aromatic nitrogens is 1. The van der Waals surface area contributed by atoms with Crippen molar-refractivity contribution in [2.75, 3.05) is 33.3 Å². The first kappa shape index (κ1) is 16.9. The van der Waals surface area contributed by atoms with Crippen LogP contribution in [0.3, 0.4) is 0 Å². The molecule has 130 valence electrons. The second kappa shape index (κ2) is 7.75. The van der Waals surface area contributed by atoms with E-state index in [2.05, 4.69) is 4.98 Å². The standard InChI is InChI=1S/C18H25N3O3/c1-20(9-6-14-4-7-19-8-5-14)18(23)15-11-17(22)21(12-15)13-16-3-2-10-24-16/h4-5,7-8,15-16H,2-3,6,9-13H2,1H3. The number of ether oxygens (including phenoxy) is 1. The molecule has 2 aliphatic rings. The predicted octanol–water partition coefficient (Wildman–Crippen LogP) is 1.11. The van der Waals surface area contributed by atoms with Crippen LogP contribution in [0.15, 0.2) is 24.5 Å². The zero-order valence-corrected chi connectivity index (χ0v) is 14.2. The molecule has 0 N–H and O–H groups in total. The molecule has 0 saturated carbocycles. The van der Waals surface area contributed by atoms with Gasteiger partial charge in [-0.15, -0.1) is 0 Å². The van der Waals surface area contributed by atoms with Crippen molar-refractivity contribution in [1.29, 1.82) is 0 Å². The first-order valence-corrected chi connectivity index (χ1v) is 8.66. The fourth-order valence-corrected chi connectivity index (χ4v) is 3.42. The molecule has 0 radical (unpaired) electrons. The summed E-state index contributed by atoms with van der Waals surface area (Å²) in [7, 11) is 1.82. The normalized spacial score (nSPS) is 23.7. The van der Waals surface area contributed by atoms with E-state index >= 15 is 0 Å². The van der Waals surface area contributed by atoms with Crippen LogP contribution in [-0.4, -0.2) is 66.0 Å². The lowest BCUT2D eigenvalue weighted by atomic mass is 10.1. The van der Waals surface area contributed by atoms with Gasteiger partial charge in [0.25, 0.3) is 0 Å². The topological polar surface area (TPSA) is 62.7 Å². The smallest absolute Gasteiger partial charge is 0.227 e. The average Bonchev–Trinajstić information content (AvgIpc) is 3.23. The van der Waals surface area contributed by atoms with Crippen LogP contribution >= 0.6 is 0 Å². The third kappa shape index (κ3) is 4.12.